The van der Waals surface area contributed by atoms with Gasteiger partial charge >= 0.3 is 0 Å². The molecule has 1 aliphatic rings. The lowest BCUT2D eigenvalue weighted by Gasteiger charge is -2.17. The van der Waals surface area contributed by atoms with E-state index in [1.807, 2.05) is 26.8 Å². The summed E-state index contributed by atoms with van der Waals surface area (Å²) in [5.74, 6) is 0.0150. The third kappa shape index (κ3) is 1.35. The van der Waals surface area contributed by atoms with E-state index in [2.05, 4.69) is 6.07 Å². The Balaban J connectivity index is 2.65. The molecule has 0 aliphatic carbocycles. The van der Waals surface area contributed by atoms with Gasteiger partial charge in [0.2, 0.25) is 5.91 Å². The predicted octanol–water partition coefficient (Wildman–Crippen LogP) is 1.67. The van der Waals surface area contributed by atoms with Crippen molar-refractivity contribution in [3.05, 3.63) is 28.8 Å². The molecule has 1 aromatic rings. The average molecular weight is 204 g/mol. The van der Waals surface area contributed by atoms with Gasteiger partial charge in [-0.05, 0) is 26.3 Å². The molecule has 0 saturated heterocycles. The van der Waals surface area contributed by atoms with Crippen LogP contribution in [0.5, 0.6) is 0 Å². The maximum atomic E-state index is 11.9. The van der Waals surface area contributed by atoms with Crippen molar-refractivity contribution >= 4 is 11.6 Å². The zero-order valence-corrected chi connectivity index (χ0v) is 9.37. The number of nitrogens with zero attached hydrogens (tertiary/aromatic N) is 1. The quantitative estimate of drug-likeness (QED) is 0.756. The number of carbonyl (C=O) groups excluding carboxylic acids is 1. The van der Waals surface area contributed by atoms with Crippen LogP contribution in [0.3, 0.4) is 0 Å². The molecule has 3 nitrogen and oxygen atoms in total. The largest absolute Gasteiger partial charge is 0.316 e. The number of amides is 1. The zero-order chi connectivity index (χ0) is 11.2. The van der Waals surface area contributed by atoms with Crippen molar-refractivity contribution in [1.82, 2.24) is 0 Å². The maximum absolute atomic E-state index is 11.9. The number of nitrogens with two attached hydrogens (primary N) is 1. The van der Waals surface area contributed by atoms with Gasteiger partial charge in [-0.25, -0.2) is 0 Å². The Morgan fingerprint density at radius 3 is 2.67 bits per heavy atom. The van der Waals surface area contributed by atoms with Crippen molar-refractivity contribution in [2.75, 3.05) is 11.4 Å². The Morgan fingerprint density at radius 2 is 2.07 bits per heavy atom. The van der Waals surface area contributed by atoms with Crippen LogP contribution in [-0.2, 0) is 4.79 Å². The molecule has 15 heavy (non-hydrogen) atoms. The van der Waals surface area contributed by atoms with Crippen molar-refractivity contribution in [2.24, 2.45) is 5.73 Å². The van der Waals surface area contributed by atoms with Gasteiger partial charge in [0.1, 0.15) is 6.04 Å². The molecule has 80 valence electrons. The minimum atomic E-state index is -0.474. The average Bonchev–Trinajstić information content (AvgIpc) is 2.42. The topological polar surface area (TPSA) is 46.3 Å². The van der Waals surface area contributed by atoms with Gasteiger partial charge in [0.25, 0.3) is 0 Å². The lowest BCUT2D eigenvalue weighted by atomic mass is 10.0. The van der Waals surface area contributed by atoms with Gasteiger partial charge in [0.15, 0.2) is 0 Å². The van der Waals surface area contributed by atoms with Gasteiger partial charge in [0, 0.05) is 12.1 Å². The number of hydrogen-bond donors (Lipinski definition) is 1. The number of aryl methyl sites for hydroxylation is 2. The molecule has 1 heterocycles. The molecule has 0 aromatic heterocycles. The summed E-state index contributed by atoms with van der Waals surface area (Å²) in [6.07, 6.45) is 0. The van der Waals surface area contributed by atoms with Crippen LogP contribution in [0.1, 0.15) is 29.7 Å². The summed E-state index contributed by atoms with van der Waals surface area (Å²) in [4.78, 5) is 13.6. The molecule has 0 spiro atoms. The maximum Gasteiger partial charge on any atom is 0.248 e. The molecule has 2 rings (SSSR count). The summed E-state index contributed by atoms with van der Waals surface area (Å²) < 4.78 is 0. The third-order valence-electron chi connectivity index (χ3n) is 2.93. The van der Waals surface area contributed by atoms with Gasteiger partial charge in [-0.15, -0.1) is 0 Å². The van der Waals surface area contributed by atoms with Crippen molar-refractivity contribution < 1.29 is 4.79 Å². The number of anilines is 1. The van der Waals surface area contributed by atoms with Gasteiger partial charge in [-0.2, -0.15) is 0 Å². The molecule has 1 amide bonds. The third-order valence-corrected chi connectivity index (χ3v) is 2.93. The molecule has 1 atom stereocenters. The second-order valence-electron chi connectivity index (χ2n) is 4.08. The van der Waals surface area contributed by atoms with E-state index in [0.717, 1.165) is 22.4 Å². The highest BCUT2D eigenvalue weighted by molar-refractivity contribution is 6.05. The van der Waals surface area contributed by atoms with E-state index < -0.39 is 6.04 Å². The van der Waals surface area contributed by atoms with E-state index in [1.165, 1.54) is 0 Å². The molecule has 0 radical (unpaired) electrons. The first-order valence-corrected chi connectivity index (χ1v) is 5.24. The fourth-order valence-corrected chi connectivity index (χ4v) is 2.32. The van der Waals surface area contributed by atoms with E-state index in [4.69, 9.17) is 5.73 Å². The number of fused-ring (bicyclic) bond motifs is 1. The van der Waals surface area contributed by atoms with Crippen LogP contribution in [0, 0.1) is 13.8 Å². The molecule has 1 aromatic carbocycles. The molecule has 0 fully saturated rings. The SMILES string of the molecule is CCN1C(=O)C(N)c2cc(C)cc(C)c21. The Morgan fingerprint density at radius 1 is 1.40 bits per heavy atom. The van der Waals surface area contributed by atoms with E-state index in [9.17, 15) is 4.79 Å². The van der Waals surface area contributed by atoms with Crippen molar-refractivity contribution in [1.29, 1.82) is 0 Å². The normalized spacial score (nSPS) is 19.6. The first-order valence-electron chi connectivity index (χ1n) is 5.24. The summed E-state index contributed by atoms with van der Waals surface area (Å²) in [7, 11) is 0. The molecule has 2 N–H and O–H groups in total. The van der Waals surface area contributed by atoms with Crippen LogP contribution in [0.15, 0.2) is 12.1 Å². The monoisotopic (exact) mass is 204 g/mol. The van der Waals surface area contributed by atoms with Gasteiger partial charge in [0.05, 0.1) is 5.69 Å². The highest BCUT2D eigenvalue weighted by Crippen LogP contribution is 2.37. The van der Waals surface area contributed by atoms with E-state index in [1.54, 1.807) is 4.90 Å². The van der Waals surface area contributed by atoms with Gasteiger partial charge in [-0.1, -0.05) is 17.7 Å². The Hall–Kier alpha value is -1.35. The molecular weight excluding hydrogens is 188 g/mol. The van der Waals surface area contributed by atoms with E-state index in [0.29, 0.717) is 6.54 Å². The van der Waals surface area contributed by atoms with Crippen LogP contribution in [0.2, 0.25) is 0 Å². The molecular formula is C12H16N2O. The molecule has 0 bridgehead atoms. The zero-order valence-electron chi connectivity index (χ0n) is 9.37. The van der Waals surface area contributed by atoms with E-state index in [-0.39, 0.29) is 5.91 Å². The molecule has 1 unspecified atom stereocenters. The van der Waals surface area contributed by atoms with Crippen LogP contribution < -0.4 is 10.6 Å². The van der Waals surface area contributed by atoms with Gasteiger partial charge in [-0.3, -0.25) is 4.79 Å². The van der Waals surface area contributed by atoms with Crippen molar-refractivity contribution in [3.8, 4) is 0 Å². The van der Waals surface area contributed by atoms with E-state index >= 15 is 0 Å². The van der Waals surface area contributed by atoms with Crippen LogP contribution >= 0.6 is 0 Å². The Bertz CT molecular complexity index is 426. The second kappa shape index (κ2) is 3.35. The summed E-state index contributed by atoms with van der Waals surface area (Å²) in [6.45, 7) is 6.71. The fraction of sp³-hybridized carbons (Fsp3) is 0.417. The summed E-state index contributed by atoms with van der Waals surface area (Å²) in [5.41, 5.74) is 10.2. The number of likely N-dealkylation sites (N-methyl/N-ethyl adjacent to an activating group) is 1. The molecule has 0 saturated carbocycles. The highest BCUT2D eigenvalue weighted by atomic mass is 16.2. The predicted molar refractivity (Wildman–Crippen MR) is 60.9 cm³/mol. The van der Waals surface area contributed by atoms with Crippen molar-refractivity contribution in [3.63, 3.8) is 0 Å². The summed E-state index contributed by atoms with van der Waals surface area (Å²) in [5, 5.41) is 0. The first kappa shape index (κ1) is 10.2. The lowest BCUT2D eigenvalue weighted by molar-refractivity contribution is -0.119. The number of rotatable bonds is 1. The van der Waals surface area contributed by atoms with Gasteiger partial charge < -0.3 is 10.6 Å². The number of carbonyl (C=O) groups is 1. The van der Waals surface area contributed by atoms with Crippen molar-refractivity contribution in [2.45, 2.75) is 26.8 Å². The van der Waals surface area contributed by atoms with Crippen LogP contribution in [0.25, 0.3) is 0 Å². The summed E-state index contributed by atoms with van der Waals surface area (Å²) >= 11 is 0. The smallest absolute Gasteiger partial charge is 0.248 e. The Kier molecular flexibility index (Phi) is 2.27. The highest BCUT2D eigenvalue weighted by Gasteiger charge is 2.34. The number of hydrogen-bond acceptors (Lipinski definition) is 2. The minimum Gasteiger partial charge on any atom is -0.316 e. The summed E-state index contributed by atoms with van der Waals surface area (Å²) in [6, 6.07) is 3.63. The van der Waals surface area contributed by atoms with Crippen LogP contribution in [-0.4, -0.2) is 12.5 Å². The fourth-order valence-electron chi connectivity index (χ4n) is 2.32. The minimum absolute atomic E-state index is 0.0150. The first-order chi connectivity index (χ1) is 7.06. The molecule has 3 heteroatoms. The lowest BCUT2D eigenvalue weighted by Crippen LogP contribution is -2.31. The number of benzene rings is 1. The Labute approximate surface area is 89.9 Å². The molecule has 1 aliphatic heterocycles. The standard InChI is InChI=1S/C12H16N2O/c1-4-14-11-8(3)5-7(2)6-9(11)10(13)12(14)15/h5-6,10H,4,13H2,1-3H3. The van der Waals surface area contributed by atoms with Crippen LogP contribution in [0.4, 0.5) is 5.69 Å². The second-order valence-corrected chi connectivity index (χ2v) is 4.08.